The normalized spacial score (nSPS) is 20.9. The highest BCUT2D eigenvalue weighted by molar-refractivity contribution is 5.86. The van der Waals surface area contributed by atoms with Crippen LogP contribution in [0.15, 0.2) is 24.3 Å². The molecule has 4 heteroatoms. The molecule has 20 heavy (non-hydrogen) atoms. The van der Waals surface area contributed by atoms with Crippen LogP contribution in [-0.2, 0) is 9.53 Å². The molecule has 4 nitrogen and oxygen atoms in total. The molecule has 1 aromatic rings. The van der Waals surface area contributed by atoms with Crippen molar-refractivity contribution >= 4 is 11.6 Å². The summed E-state index contributed by atoms with van der Waals surface area (Å²) in [5, 5.41) is 6.33. The van der Waals surface area contributed by atoms with Crippen molar-refractivity contribution in [3.63, 3.8) is 0 Å². The lowest BCUT2D eigenvalue weighted by atomic mass is 9.90. The van der Waals surface area contributed by atoms with E-state index in [4.69, 9.17) is 4.74 Å². The van der Waals surface area contributed by atoms with Gasteiger partial charge in [0.05, 0.1) is 12.5 Å². The highest BCUT2D eigenvalue weighted by Gasteiger charge is 2.25. The minimum Gasteiger partial charge on any atom is -0.385 e. The minimum absolute atomic E-state index is 0.0316. The summed E-state index contributed by atoms with van der Waals surface area (Å²) < 4.78 is 5.54. The van der Waals surface area contributed by atoms with Gasteiger partial charge in [0.1, 0.15) is 0 Å². The highest BCUT2D eigenvalue weighted by atomic mass is 16.5. The Morgan fingerprint density at radius 1 is 1.30 bits per heavy atom. The SMILES string of the molecule is O=C(NCCOCC1CC1)C1CCNc2ccccc21. The number of nitrogens with one attached hydrogen (secondary N) is 2. The van der Waals surface area contributed by atoms with Crippen LogP contribution in [0.25, 0.3) is 0 Å². The van der Waals surface area contributed by atoms with Crippen molar-refractivity contribution in [2.24, 2.45) is 5.92 Å². The predicted molar refractivity (Wildman–Crippen MR) is 78.8 cm³/mol. The Hall–Kier alpha value is -1.55. The largest absolute Gasteiger partial charge is 0.385 e. The summed E-state index contributed by atoms with van der Waals surface area (Å²) in [6.07, 6.45) is 3.46. The van der Waals surface area contributed by atoms with E-state index < -0.39 is 0 Å². The topological polar surface area (TPSA) is 50.4 Å². The Kier molecular flexibility index (Phi) is 4.21. The third kappa shape index (κ3) is 3.31. The first-order chi connectivity index (χ1) is 9.84. The maximum absolute atomic E-state index is 12.3. The average molecular weight is 274 g/mol. The van der Waals surface area contributed by atoms with E-state index in [1.54, 1.807) is 0 Å². The molecule has 2 N–H and O–H groups in total. The Labute approximate surface area is 119 Å². The first-order valence-corrected chi connectivity index (χ1v) is 7.53. The number of hydrogen-bond donors (Lipinski definition) is 2. The van der Waals surface area contributed by atoms with Crippen molar-refractivity contribution < 1.29 is 9.53 Å². The zero-order valence-electron chi connectivity index (χ0n) is 11.7. The van der Waals surface area contributed by atoms with Gasteiger partial charge in [-0.1, -0.05) is 18.2 Å². The quantitative estimate of drug-likeness (QED) is 0.781. The molecule has 0 bridgehead atoms. The zero-order chi connectivity index (χ0) is 13.8. The Morgan fingerprint density at radius 2 is 2.15 bits per heavy atom. The maximum atomic E-state index is 12.3. The first-order valence-electron chi connectivity index (χ1n) is 7.53. The van der Waals surface area contributed by atoms with Crippen LogP contribution in [0.2, 0.25) is 0 Å². The molecule has 108 valence electrons. The van der Waals surface area contributed by atoms with E-state index in [0.29, 0.717) is 13.2 Å². The maximum Gasteiger partial charge on any atom is 0.227 e. The van der Waals surface area contributed by atoms with Gasteiger partial charge in [-0.3, -0.25) is 4.79 Å². The summed E-state index contributed by atoms with van der Waals surface area (Å²) in [6, 6.07) is 8.06. The Morgan fingerprint density at radius 3 is 3.00 bits per heavy atom. The molecule has 1 aliphatic heterocycles. The molecule has 3 rings (SSSR count). The molecular weight excluding hydrogens is 252 g/mol. The van der Waals surface area contributed by atoms with E-state index in [2.05, 4.69) is 10.6 Å². The van der Waals surface area contributed by atoms with E-state index in [1.807, 2.05) is 24.3 Å². The van der Waals surface area contributed by atoms with Gasteiger partial charge < -0.3 is 15.4 Å². The molecule has 1 saturated carbocycles. The molecule has 0 aromatic heterocycles. The van der Waals surface area contributed by atoms with Crippen LogP contribution in [0, 0.1) is 5.92 Å². The molecule has 0 radical (unpaired) electrons. The van der Waals surface area contributed by atoms with E-state index in [1.165, 1.54) is 12.8 Å². The van der Waals surface area contributed by atoms with Crippen molar-refractivity contribution in [3.05, 3.63) is 29.8 Å². The molecule has 1 atom stereocenters. The van der Waals surface area contributed by atoms with Gasteiger partial charge in [0.2, 0.25) is 5.91 Å². The summed E-state index contributed by atoms with van der Waals surface area (Å²) in [4.78, 5) is 12.3. The fourth-order valence-corrected chi connectivity index (χ4v) is 2.64. The second-order valence-electron chi connectivity index (χ2n) is 5.66. The van der Waals surface area contributed by atoms with Gasteiger partial charge in [-0.2, -0.15) is 0 Å². The lowest BCUT2D eigenvalue weighted by Crippen LogP contribution is -2.35. The van der Waals surface area contributed by atoms with Crippen LogP contribution >= 0.6 is 0 Å². The summed E-state index contributed by atoms with van der Waals surface area (Å²) in [5.41, 5.74) is 2.19. The van der Waals surface area contributed by atoms with Gasteiger partial charge >= 0.3 is 0 Å². The number of benzene rings is 1. The minimum atomic E-state index is -0.0316. The monoisotopic (exact) mass is 274 g/mol. The van der Waals surface area contributed by atoms with Gasteiger partial charge in [0, 0.05) is 25.4 Å². The summed E-state index contributed by atoms with van der Waals surface area (Å²) in [6.45, 7) is 2.94. The van der Waals surface area contributed by atoms with Gasteiger partial charge in [0.15, 0.2) is 0 Å². The summed E-state index contributed by atoms with van der Waals surface area (Å²) >= 11 is 0. The first kappa shape index (κ1) is 13.4. The smallest absolute Gasteiger partial charge is 0.227 e. The van der Waals surface area contributed by atoms with Crippen LogP contribution in [0.4, 0.5) is 5.69 Å². The van der Waals surface area contributed by atoms with E-state index in [-0.39, 0.29) is 11.8 Å². The molecular formula is C16H22N2O2. The molecule has 1 aromatic carbocycles. The lowest BCUT2D eigenvalue weighted by Gasteiger charge is -2.25. The average Bonchev–Trinajstić information content (AvgIpc) is 3.30. The highest BCUT2D eigenvalue weighted by Crippen LogP contribution is 2.31. The predicted octanol–water partition coefficient (Wildman–Crippen LogP) is 2.13. The number of ether oxygens (including phenoxy) is 1. The van der Waals surface area contributed by atoms with E-state index in [9.17, 15) is 4.79 Å². The van der Waals surface area contributed by atoms with Crippen molar-refractivity contribution in [3.8, 4) is 0 Å². The lowest BCUT2D eigenvalue weighted by molar-refractivity contribution is -0.122. The van der Waals surface area contributed by atoms with Gasteiger partial charge in [0.25, 0.3) is 0 Å². The molecule has 1 heterocycles. The van der Waals surface area contributed by atoms with Gasteiger partial charge in [-0.25, -0.2) is 0 Å². The third-order valence-electron chi connectivity index (χ3n) is 4.00. The molecule has 1 aliphatic carbocycles. The summed E-state index contributed by atoms with van der Waals surface area (Å²) in [7, 11) is 0. The number of para-hydroxylation sites is 1. The van der Waals surface area contributed by atoms with E-state index in [0.717, 1.165) is 36.7 Å². The zero-order valence-corrected chi connectivity index (χ0v) is 11.7. The second kappa shape index (κ2) is 6.27. The number of rotatable bonds is 6. The number of carbonyl (C=O) groups is 1. The fraction of sp³-hybridized carbons (Fsp3) is 0.562. The molecule has 1 unspecified atom stereocenters. The molecule has 1 amide bonds. The molecule has 0 spiro atoms. The van der Waals surface area contributed by atoms with Crippen molar-refractivity contribution in [2.75, 3.05) is 31.6 Å². The standard InChI is InChI=1S/C16H22N2O2/c19-16(18-9-10-20-11-12-5-6-12)14-7-8-17-15-4-2-1-3-13(14)15/h1-4,12,14,17H,5-11H2,(H,18,19). The van der Waals surface area contributed by atoms with Crippen LogP contribution in [0.3, 0.4) is 0 Å². The third-order valence-corrected chi connectivity index (χ3v) is 4.00. The van der Waals surface area contributed by atoms with Crippen molar-refractivity contribution in [1.82, 2.24) is 5.32 Å². The van der Waals surface area contributed by atoms with E-state index >= 15 is 0 Å². The number of carbonyl (C=O) groups excluding carboxylic acids is 1. The van der Waals surface area contributed by atoms with Crippen LogP contribution < -0.4 is 10.6 Å². The molecule has 0 saturated heterocycles. The van der Waals surface area contributed by atoms with Crippen LogP contribution in [0.5, 0.6) is 0 Å². The molecule has 1 fully saturated rings. The van der Waals surface area contributed by atoms with Crippen molar-refractivity contribution in [2.45, 2.75) is 25.2 Å². The Bertz CT molecular complexity index is 471. The molecule has 2 aliphatic rings. The van der Waals surface area contributed by atoms with Gasteiger partial charge in [-0.15, -0.1) is 0 Å². The van der Waals surface area contributed by atoms with Crippen LogP contribution in [-0.4, -0.2) is 32.2 Å². The second-order valence-corrected chi connectivity index (χ2v) is 5.66. The van der Waals surface area contributed by atoms with Crippen LogP contribution in [0.1, 0.15) is 30.7 Å². The fourth-order valence-electron chi connectivity index (χ4n) is 2.64. The Balaban J connectivity index is 1.47. The number of anilines is 1. The van der Waals surface area contributed by atoms with Gasteiger partial charge in [-0.05, 0) is 36.8 Å². The summed E-state index contributed by atoms with van der Waals surface area (Å²) in [5.74, 6) is 0.867. The number of amides is 1. The van der Waals surface area contributed by atoms with Crippen molar-refractivity contribution in [1.29, 1.82) is 0 Å². The number of hydrogen-bond acceptors (Lipinski definition) is 3. The number of fused-ring (bicyclic) bond motifs is 1.